The van der Waals surface area contributed by atoms with Crippen molar-refractivity contribution in [3.63, 3.8) is 0 Å². The number of rotatable bonds is 4. The predicted molar refractivity (Wildman–Crippen MR) is 45.6 cm³/mol. The number of hydrogen-bond acceptors (Lipinski definition) is 3. The van der Waals surface area contributed by atoms with Gasteiger partial charge in [-0.25, -0.2) is 0 Å². The average Bonchev–Trinajstić information content (AvgIpc) is 2.55. The Labute approximate surface area is 72.2 Å². The van der Waals surface area contributed by atoms with Crippen LogP contribution in [0.1, 0.15) is 38.6 Å². The fourth-order valence-electron chi connectivity index (χ4n) is 1.37. The van der Waals surface area contributed by atoms with E-state index in [1.54, 1.807) is 6.33 Å². The predicted octanol–water partition coefficient (Wildman–Crippen LogP) is 1.13. The Morgan fingerprint density at radius 2 is 2.17 bits per heavy atom. The molecule has 1 N–H and O–H groups in total. The van der Waals surface area contributed by atoms with E-state index < -0.39 is 0 Å². The summed E-state index contributed by atoms with van der Waals surface area (Å²) in [7, 11) is 0. The lowest BCUT2D eigenvalue weighted by atomic mass is 10.2. The lowest BCUT2D eigenvalue weighted by Gasteiger charge is -2.14. The van der Waals surface area contributed by atoms with Crippen LogP contribution in [0.5, 0.6) is 0 Å². The minimum atomic E-state index is -0.0312. The lowest BCUT2D eigenvalue weighted by Crippen LogP contribution is -2.09. The standard InChI is InChI=1S/C8H15N3O/c1-3-7(4-2)11-6-9-10-8(11)5-12/h6-7,12H,3-5H2,1-2H3. The minimum absolute atomic E-state index is 0.0312. The fraction of sp³-hybridized carbons (Fsp3) is 0.750. The quantitative estimate of drug-likeness (QED) is 0.735. The van der Waals surface area contributed by atoms with Crippen molar-refractivity contribution in [3.05, 3.63) is 12.2 Å². The molecule has 0 aliphatic carbocycles. The highest BCUT2D eigenvalue weighted by Gasteiger charge is 2.10. The summed E-state index contributed by atoms with van der Waals surface area (Å²) in [4.78, 5) is 0. The van der Waals surface area contributed by atoms with Crippen molar-refractivity contribution in [1.29, 1.82) is 0 Å². The molecule has 1 rings (SSSR count). The van der Waals surface area contributed by atoms with Crippen molar-refractivity contribution in [3.8, 4) is 0 Å². The molecule has 0 radical (unpaired) electrons. The highest BCUT2D eigenvalue weighted by molar-refractivity contribution is 4.86. The summed E-state index contributed by atoms with van der Waals surface area (Å²) < 4.78 is 1.94. The Morgan fingerprint density at radius 1 is 1.50 bits per heavy atom. The summed E-state index contributed by atoms with van der Waals surface area (Å²) in [6, 6.07) is 0.419. The monoisotopic (exact) mass is 169 g/mol. The zero-order valence-electron chi connectivity index (χ0n) is 7.56. The maximum absolute atomic E-state index is 8.92. The van der Waals surface area contributed by atoms with Gasteiger partial charge in [-0.2, -0.15) is 0 Å². The molecule has 1 aromatic heterocycles. The minimum Gasteiger partial charge on any atom is -0.388 e. The molecule has 68 valence electrons. The summed E-state index contributed by atoms with van der Waals surface area (Å²) in [5.74, 6) is 0.656. The van der Waals surface area contributed by atoms with E-state index in [2.05, 4.69) is 24.0 Å². The van der Waals surface area contributed by atoms with E-state index in [4.69, 9.17) is 5.11 Å². The lowest BCUT2D eigenvalue weighted by molar-refractivity contribution is 0.258. The summed E-state index contributed by atoms with van der Waals surface area (Å²) in [6.07, 6.45) is 3.77. The molecule has 0 saturated carbocycles. The van der Waals surface area contributed by atoms with Crippen LogP contribution >= 0.6 is 0 Å². The van der Waals surface area contributed by atoms with E-state index in [1.165, 1.54) is 0 Å². The molecule has 0 fully saturated rings. The molecular formula is C8H15N3O. The van der Waals surface area contributed by atoms with Gasteiger partial charge >= 0.3 is 0 Å². The number of aromatic nitrogens is 3. The summed E-state index contributed by atoms with van der Waals surface area (Å²) in [5, 5.41) is 16.5. The molecule has 0 spiro atoms. The van der Waals surface area contributed by atoms with Gasteiger partial charge in [-0.1, -0.05) is 13.8 Å². The van der Waals surface area contributed by atoms with Gasteiger partial charge < -0.3 is 9.67 Å². The van der Waals surface area contributed by atoms with Crippen LogP contribution in [-0.4, -0.2) is 19.9 Å². The molecule has 0 aliphatic heterocycles. The number of hydrogen-bond donors (Lipinski definition) is 1. The van der Waals surface area contributed by atoms with Crippen molar-refractivity contribution in [2.45, 2.75) is 39.3 Å². The molecule has 1 heterocycles. The molecule has 0 aromatic carbocycles. The first-order valence-electron chi connectivity index (χ1n) is 4.32. The maximum Gasteiger partial charge on any atom is 0.158 e. The van der Waals surface area contributed by atoms with Crippen LogP contribution in [0.15, 0.2) is 6.33 Å². The van der Waals surface area contributed by atoms with Crippen LogP contribution in [0.3, 0.4) is 0 Å². The Morgan fingerprint density at radius 3 is 2.67 bits per heavy atom. The highest BCUT2D eigenvalue weighted by atomic mass is 16.3. The van der Waals surface area contributed by atoms with E-state index >= 15 is 0 Å². The van der Waals surface area contributed by atoms with Gasteiger partial charge in [0.15, 0.2) is 5.82 Å². The summed E-state index contributed by atoms with van der Waals surface area (Å²) in [6.45, 7) is 4.21. The zero-order chi connectivity index (χ0) is 8.97. The van der Waals surface area contributed by atoms with Crippen molar-refractivity contribution < 1.29 is 5.11 Å². The Balaban J connectivity index is 2.83. The van der Waals surface area contributed by atoms with Gasteiger partial charge in [-0.3, -0.25) is 0 Å². The van der Waals surface area contributed by atoms with Crippen molar-refractivity contribution in [1.82, 2.24) is 14.8 Å². The van der Waals surface area contributed by atoms with E-state index in [0.717, 1.165) is 12.8 Å². The topological polar surface area (TPSA) is 50.9 Å². The zero-order valence-corrected chi connectivity index (χ0v) is 7.56. The summed E-state index contributed by atoms with van der Waals surface area (Å²) >= 11 is 0. The average molecular weight is 169 g/mol. The van der Waals surface area contributed by atoms with Crippen molar-refractivity contribution in [2.24, 2.45) is 0 Å². The summed E-state index contributed by atoms with van der Waals surface area (Å²) in [5.41, 5.74) is 0. The van der Waals surface area contributed by atoms with Crippen LogP contribution in [0.25, 0.3) is 0 Å². The van der Waals surface area contributed by atoms with Crippen LogP contribution in [-0.2, 0) is 6.61 Å². The second-order valence-electron chi connectivity index (χ2n) is 2.78. The number of aliphatic hydroxyl groups is 1. The van der Waals surface area contributed by atoms with Gasteiger partial charge in [0.25, 0.3) is 0 Å². The second kappa shape index (κ2) is 4.21. The molecule has 12 heavy (non-hydrogen) atoms. The van der Waals surface area contributed by atoms with Crippen molar-refractivity contribution >= 4 is 0 Å². The number of aliphatic hydroxyl groups excluding tert-OH is 1. The van der Waals surface area contributed by atoms with Gasteiger partial charge in [0, 0.05) is 6.04 Å². The molecule has 0 aliphatic rings. The van der Waals surface area contributed by atoms with Crippen LogP contribution in [0, 0.1) is 0 Å². The van der Waals surface area contributed by atoms with Gasteiger partial charge in [-0.15, -0.1) is 10.2 Å². The first-order chi connectivity index (χ1) is 5.83. The normalized spacial score (nSPS) is 11.0. The molecule has 0 unspecified atom stereocenters. The van der Waals surface area contributed by atoms with Gasteiger partial charge in [0.2, 0.25) is 0 Å². The molecule has 4 heteroatoms. The third kappa shape index (κ3) is 1.64. The van der Waals surface area contributed by atoms with E-state index in [9.17, 15) is 0 Å². The van der Waals surface area contributed by atoms with E-state index in [1.807, 2.05) is 4.57 Å². The largest absolute Gasteiger partial charge is 0.388 e. The highest BCUT2D eigenvalue weighted by Crippen LogP contribution is 2.15. The van der Waals surface area contributed by atoms with Crippen LogP contribution in [0.4, 0.5) is 0 Å². The Kier molecular flexibility index (Phi) is 3.22. The smallest absolute Gasteiger partial charge is 0.158 e. The van der Waals surface area contributed by atoms with E-state index in [-0.39, 0.29) is 6.61 Å². The number of nitrogens with zero attached hydrogens (tertiary/aromatic N) is 3. The molecule has 0 saturated heterocycles. The first-order valence-corrected chi connectivity index (χ1v) is 4.32. The molecule has 0 amide bonds. The molecule has 0 atom stereocenters. The first kappa shape index (κ1) is 9.19. The van der Waals surface area contributed by atoms with Gasteiger partial charge in [-0.05, 0) is 12.8 Å². The molecule has 4 nitrogen and oxygen atoms in total. The molecular weight excluding hydrogens is 154 g/mol. The van der Waals surface area contributed by atoms with Crippen LogP contribution in [0.2, 0.25) is 0 Å². The Bertz CT molecular complexity index is 230. The maximum atomic E-state index is 8.92. The SMILES string of the molecule is CCC(CC)n1cnnc1CO. The third-order valence-electron chi connectivity index (χ3n) is 2.12. The fourth-order valence-corrected chi connectivity index (χ4v) is 1.37. The second-order valence-corrected chi connectivity index (χ2v) is 2.78. The Hall–Kier alpha value is -0.900. The van der Waals surface area contributed by atoms with Crippen LogP contribution < -0.4 is 0 Å². The third-order valence-corrected chi connectivity index (χ3v) is 2.12. The van der Waals surface area contributed by atoms with Crippen molar-refractivity contribution in [2.75, 3.05) is 0 Å². The van der Waals surface area contributed by atoms with Gasteiger partial charge in [0.1, 0.15) is 12.9 Å². The van der Waals surface area contributed by atoms with E-state index in [0.29, 0.717) is 11.9 Å². The molecule has 1 aromatic rings. The van der Waals surface area contributed by atoms with Gasteiger partial charge in [0.05, 0.1) is 0 Å². The molecule has 0 bridgehead atoms.